The molecule has 0 aromatic heterocycles. The third-order valence-electron chi connectivity index (χ3n) is 2.17. The number of carbonyl (C=O) groups excluding carboxylic acids is 1. The fourth-order valence-electron chi connectivity index (χ4n) is 0.860. The van der Waals surface area contributed by atoms with Crippen molar-refractivity contribution in [3.05, 3.63) is 0 Å². The topological polar surface area (TPSA) is 55.1 Å². The molecule has 0 heterocycles. The SMILES string of the molecule is CCC(C)CCNC(=O)[C@@H](N)CS. The third kappa shape index (κ3) is 5.93. The van der Waals surface area contributed by atoms with Crippen molar-refractivity contribution in [2.24, 2.45) is 11.7 Å². The van der Waals surface area contributed by atoms with Crippen LogP contribution in [0.5, 0.6) is 0 Å². The Morgan fingerprint density at radius 3 is 2.69 bits per heavy atom. The van der Waals surface area contributed by atoms with Gasteiger partial charge in [-0.1, -0.05) is 20.3 Å². The largest absolute Gasteiger partial charge is 0.355 e. The van der Waals surface area contributed by atoms with E-state index in [2.05, 4.69) is 31.8 Å². The van der Waals surface area contributed by atoms with E-state index in [4.69, 9.17) is 5.73 Å². The first-order chi connectivity index (χ1) is 6.11. The van der Waals surface area contributed by atoms with Gasteiger partial charge in [0, 0.05) is 12.3 Å². The Labute approximate surface area is 85.9 Å². The van der Waals surface area contributed by atoms with Crippen LogP contribution in [0.4, 0.5) is 0 Å². The Kier molecular flexibility index (Phi) is 7.09. The molecule has 0 bridgehead atoms. The molecule has 1 amide bonds. The Bertz CT molecular complexity index is 153. The average molecular weight is 204 g/mol. The van der Waals surface area contributed by atoms with Crippen LogP contribution >= 0.6 is 12.6 Å². The molecule has 3 N–H and O–H groups in total. The summed E-state index contributed by atoms with van der Waals surface area (Å²) in [5.41, 5.74) is 5.48. The third-order valence-corrected chi connectivity index (χ3v) is 2.56. The van der Waals surface area contributed by atoms with Gasteiger partial charge in [0.2, 0.25) is 5.91 Å². The molecule has 1 unspecified atom stereocenters. The number of thiol groups is 1. The number of hydrogen-bond acceptors (Lipinski definition) is 3. The number of hydrogen-bond donors (Lipinski definition) is 3. The number of carbonyl (C=O) groups is 1. The van der Waals surface area contributed by atoms with E-state index in [1.807, 2.05) is 0 Å². The first-order valence-corrected chi connectivity index (χ1v) is 5.39. The van der Waals surface area contributed by atoms with Crippen LogP contribution in [0.15, 0.2) is 0 Å². The summed E-state index contributed by atoms with van der Waals surface area (Å²) in [6.45, 7) is 5.03. The van der Waals surface area contributed by atoms with Gasteiger partial charge >= 0.3 is 0 Å². The highest BCUT2D eigenvalue weighted by Gasteiger charge is 2.10. The Hall–Kier alpha value is -0.220. The van der Waals surface area contributed by atoms with Crippen LogP contribution < -0.4 is 11.1 Å². The van der Waals surface area contributed by atoms with Crippen molar-refractivity contribution in [2.45, 2.75) is 32.7 Å². The van der Waals surface area contributed by atoms with Crippen molar-refractivity contribution in [1.29, 1.82) is 0 Å². The monoisotopic (exact) mass is 204 g/mol. The second-order valence-electron chi connectivity index (χ2n) is 3.38. The summed E-state index contributed by atoms with van der Waals surface area (Å²) < 4.78 is 0. The Balaban J connectivity index is 3.47. The Morgan fingerprint density at radius 2 is 2.23 bits per heavy atom. The summed E-state index contributed by atoms with van der Waals surface area (Å²) in [5.74, 6) is 0.959. The van der Waals surface area contributed by atoms with Gasteiger partial charge in [0.1, 0.15) is 0 Å². The number of rotatable bonds is 6. The van der Waals surface area contributed by atoms with E-state index in [1.54, 1.807) is 0 Å². The summed E-state index contributed by atoms with van der Waals surface area (Å²) in [6, 6.07) is -0.472. The van der Waals surface area contributed by atoms with Gasteiger partial charge in [-0.3, -0.25) is 4.79 Å². The lowest BCUT2D eigenvalue weighted by molar-refractivity contribution is -0.121. The minimum absolute atomic E-state index is 0.0988. The van der Waals surface area contributed by atoms with Crippen LogP contribution in [0, 0.1) is 5.92 Å². The molecule has 0 saturated carbocycles. The standard InChI is InChI=1S/C9H20N2OS/c1-3-7(2)4-5-11-9(12)8(10)6-13/h7-8,13H,3-6,10H2,1-2H3,(H,11,12)/t7?,8-/m0/s1. The summed E-state index contributed by atoms with van der Waals surface area (Å²) in [7, 11) is 0. The van der Waals surface area contributed by atoms with E-state index in [0.717, 1.165) is 19.4 Å². The molecule has 2 atom stereocenters. The quantitative estimate of drug-likeness (QED) is 0.560. The van der Waals surface area contributed by atoms with Crippen LogP contribution in [0.3, 0.4) is 0 Å². The predicted octanol–water partition coefficient (Wildman–Crippen LogP) is 0.796. The average Bonchev–Trinajstić information content (AvgIpc) is 2.15. The van der Waals surface area contributed by atoms with E-state index in [0.29, 0.717) is 11.7 Å². The van der Waals surface area contributed by atoms with Gasteiger partial charge in [-0.25, -0.2) is 0 Å². The van der Waals surface area contributed by atoms with E-state index >= 15 is 0 Å². The fraction of sp³-hybridized carbons (Fsp3) is 0.889. The zero-order valence-electron chi connectivity index (χ0n) is 8.42. The summed E-state index contributed by atoms with van der Waals surface area (Å²) in [5, 5.41) is 2.79. The minimum atomic E-state index is -0.472. The van der Waals surface area contributed by atoms with Crippen molar-refractivity contribution in [2.75, 3.05) is 12.3 Å². The molecule has 0 fully saturated rings. The summed E-state index contributed by atoms with van der Waals surface area (Å²) in [4.78, 5) is 11.2. The van der Waals surface area contributed by atoms with Crippen molar-refractivity contribution in [3.63, 3.8) is 0 Å². The molecule has 0 aromatic carbocycles. The molecule has 0 aliphatic heterocycles. The van der Waals surface area contributed by atoms with Gasteiger partial charge < -0.3 is 11.1 Å². The minimum Gasteiger partial charge on any atom is -0.355 e. The molecular formula is C9H20N2OS. The van der Waals surface area contributed by atoms with Gasteiger partial charge in [-0.05, 0) is 12.3 Å². The second-order valence-corrected chi connectivity index (χ2v) is 3.75. The highest BCUT2D eigenvalue weighted by atomic mass is 32.1. The van der Waals surface area contributed by atoms with Crippen LogP contribution in [0.25, 0.3) is 0 Å². The lowest BCUT2D eigenvalue weighted by Crippen LogP contribution is -2.42. The lowest BCUT2D eigenvalue weighted by Gasteiger charge is -2.11. The zero-order chi connectivity index (χ0) is 10.3. The summed E-state index contributed by atoms with van der Waals surface area (Å²) >= 11 is 3.95. The van der Waals surface area contributed by atoms with Crippen molar-refractivity contribution in [1.82, 2.24) is 5.32 Å². The molecule has 4 heteroatoms. The first-order valence-electron chi connectivity index (χ1n) is 4.76. The van der Waals surface area contributed by atoms with Gasteiger partial charge in [0.15, 0.2) is 0 Å². The molecule has 13 heavy (non-hydrogen) atoms. The molecule has 78 valence electrons. The van der Waals surface area contributed by atoms with Crippen molar-refractivity contribution >= 4 is 18.5 Å². The Morgan fingerprint density at radius 1 is 1.62 bits per heavy atom. The van der Waals surface area contributed by atoms with Gasteiger partial charge in [-0.2, -0.15) is 12.6 Å². The van der Waals surface area contributed by atoms with E-state index in [9.17, 15) is 4.79 Å². The molecule has 0 aliphatic carbocycles. The van der Waals surface area contributed by atoms with Crippen LogP contribution in [0.2, 0.25) is 0 Å². The van der Waals surface area contributed by atoms with Crippen LogP contribution in [0.1, 0.15) is 26.7 Å². The molecule has 0 radical (unpaired) electrons. The molecular weight excluding hydrogens is 184 g/mol. The maximum Gasteiger partial charge on any atom is 0.237 e. The maximum atomic E-state index is 11.2. The predicted molar refractivity (Wildman–Crippen MR) is 58.9 cm³/mol. The van der Waals surface area contributed by atoms with Gasteiger partial charge in [0.25, 0.3) is 0 Å². The lowest BCUT2D eigenvalue weighted by atomic mass is 10.1. The molecule has 0 saturated heterocycles. The zero-order valence-corrected chi connectivity index (χ0v) is 9.31. The van der Waals surface area contributed by atoms with Crippen molar-refractivity contribution < 1.29 is 4.79 Å². The highest BCUT2D eigenvalue weighted by Crippen LogP contribution is 2.04. The molecule has 0 aliphatic rings. The van der Waals surface area contributed by atoms with Crippen LogP contribution in [-0.2, 0) is 4.79 Å². The summed E-state index contributed by atoms with van der Waals surface area (Å²) in [6.07, 6.45) is 2.16. The fourth-order valence-corrected chi connectivity index (χ4v) is 1.03. The van der Waals surface area contributed by atoms with Gasteiger partial charge in [-0.15, -0.1) is 0 Å². The molecule has 0 aromatic rings. The van der Waals surface area contributed by atoms with E-state index in [1.165, 1.54) is 0 Å². The maximum absolute atomic E-state index is 11.2. The van der Waals surface area contributed by atoms with E-state index < -0.39 is 6.04 Å². The first kappa shape index (κ1) is 12.8. The van der Waals surface area contributed by atoms with E-state index in [-0.39, 0.29) is 5.91 Å². The molecule has 0 spiro atoms. The second kappa shape index (κ2) is 7.21. The van der Waals surface area contributed by atoms with Crippen molar-refractivity contribution in [3.8, 4) is 0 Å². The normalized spacial score (nSPS) is 15.1. The van der Waals surface area contributed by atoms with Gasteiger partial charge in [0.05, 0.1) is 6.04 Å². The smallest absolute Gasteiger partial charge is 0.237 e. The number of amides is 1. The number of nitrogens with two attached hydrogens (primary N) is 1. The molecule has 0 rings (SSSR count). The highest BCUT2D eigenvalue weighted by molar-refractivity contribution is 7.80. The van der Waals surface area contributed by atoms with Crippen LogP contribution in [-0.4, -0.2) is 24.2 Å². The number of nitrogens with one attached hydrogen (secondary N) is 1. The molecule has 3 nitrogen and oxygen atoms in total.